The van der Waals surface area contributed by atoms with Crippen LogP contribution in [-0.4, -0.2) is 62.1 Å². The molecule has 7 heteroatoms. The third kappa shape index (κ3) is 6.49. The van der Waals surface area contributed by atoms with Gasteiger partial charge in [-0.25, -0.2) is 0 Å². The minimum Gasteiger partial charge on any atom is -0.368 e. The molecule has 0 radical (unpaired) electrons. The van der Waals surface area contributed by atoms with Gasteiger partial charge in [-0.05, 0) is 38.1 Å². The molecule has 2 aliphatic rings. The third-order valence-electron chi connectivity index (χ3n) is 4.27. The first kappa shape index (κ1) is 19.9. The Kier molecular flexibility index (Phi) is 9.21. The molecule has 2 unspecified atom stereocenters. The summed E-state index contributed by atoms with van der Waals surface area (Å²) in [4.78, 5) is 25.9. The van der Waals surface area contributed by atoms with E-state index in [0.29, 0.717) is 25.6 Å². The minimum atomic E-state index is -0.0337. The van der Waals surface area contributed by atoms with Gasteiger partial charge in [-0.2, -0.15) is 0 Å². The SMILES string of the molecule is C=CCOCC(=O)N1CCCC(CNC(=O)C2CCCN2)C1.Cl. The Balaban J connectivity index is 0.00000264. The van der Waals surface area contributed by atoms with E-state index in [1.54, 1.807) is 6.08 Å². The van der Waals surface area contributed by atoms with E-state index in [1.807, 2.05) is 4.90 Å². The van der Waals surface area contributed by atoms with E-state index in [-0.39, 0.29) is 36.9 Å². The Morgan fingerprint density at radius 3 is 2.87 bits per heavy atom. The number of ether oxygens (including phenoxy) is 1. The van der Waals surface area contributed by atoms with Gasteiger partial charge >= 0.3 is 0 Å². The van der Waals surface area contributed by atoms with E-state index in [4.69, 9.17) is 4.74 Å². The van der Waals surface area contributed by atoms with Gasteiger partial charge in [0.25, 0.3) is 0 Å². The first-order chi connectivity index (χ1) is 10.7. The largest absolute Gasteiger partial charge is 0.368 e. The predicted molar refractivity (Wildman–Crippen MR) is 91.6 cm³/mol. The lowest BCUT2D eigenvalue weighted by Crippen LogP contribution is -2.47. The van der Waals surface area contributed by atoms with Crippen LogP contribution in [0.3, 0.4) is 0 Å². The van der Waals surface area contributed by atoms with Gasteiger partial charge in [0, 0.05) is 19.6 Å². The molecule has 2 rings (SSSR count). The van der Waals surface area contributed by atoms with Crippen molar-refractivity contribution in [1.29, 1.82) is 0 Å². The maximum absolute atomic E-state index is 12.0. The number of hydrogen-bond acceptors (Lipinski definition) is 4. The highest BCUT2D eigenvalue weighted by Gasteiger charge is 2.26. The normalized spacial score (nSPS) is 23.9. The average molecular weight is 346 g/mol. The van der Waals surface area contributed by atoms with Gasteiger partial charge < -0.3 is 20.3 Å². The number of nitrogens with one attached hydrogen (secondary N) is 2. The topological polar surface area (TPSA) is 70.7 Å². The lowest BCUT2D eigenvalue weighted by atomic mass is 9.97. The molecular weight excluding hydrogens is 318 g/mol. The number of halogens is 1. The van der Waals surface area contributed by atoms with E-state index in [0.717, 1.165) is 38.8 Å². The molecule has 132 valence electrons. The van der Waals surface area contributed by atoms with Crippen LogP contribution in [-0.2, 0) is 14.3 Å². The fourth-order valence-electron chi connectivity index (χ4n) is 3.06. The summed E-state index contributed by atoms with van der Waals surface area (Å²) in [6, 6.07) is -0.0337. The van der Waals surface area contributed by atoms with Crippen LogP contribution in [0, 0.1) is 5.92 Å². The predicted octanol–water partition coefficient (Wildman–Crippen LogP) is 0.718. The van der Waals surface area contributed by atoms with Gasteiger partial charge in [0.2, 0.25) is 11.8 Å². The van der Waals surface area contributed by atoms with Crippen LogP contribution < -0.4 is 10.6 Å². The first-order valence-corrected chi connectivity index (χ1v) is 8.18. The molecule has 0 aromatic heterocycles. The number of carbonyl (C=O) groups excluding carboxylic acids is 2. The average Bonchev–Trinajstić information content (AvgIpc) is 3.07. The van der Waals surface area contributed by atoms with Crippen LogP contribution in [0.2, 0.25) is 0 Å². The van der Waals surface area contributed by atoms with E-state index >= 15 is 0 Å². The molecule has 0 aromatic rings. The number of amides is 2. The van der Waals surface area contributed by atoms with E-state index in [1.165, 1.54) is 0 Å². The fourth-order valence-corrected chi connectivity index (χ4v) is 3.06. The van der Waals surface area contributed by atoms with Crippen LogP contribution in [0.4, 0.5) is 0 Å². The van der Waals surface area contributed by atoms with Gasteiger partial charge in [-0.3, -0.25) is 9.59 Å². The molecule has 2 N–H and O–H groups in total. The Hall–Kier alpha value is -1.11. The number of rotatable bonds is 7. The Bertz CT molecular complexity index is 400. The summed E-state index contributed by atoms with van der Waals surface area (Å²) in [5, 5.41) is 6.22. The summed E-state index contributed by atoms with van der Waals surface area (Å²) < 4.78 is 5.21. The molecule has 0 aliphatic carbocycles. The minimum absolute atomic E-state index is 0. The lowest BCUT2D eigenvalue weighted by Gasteiger charge is -2.33. The molecule has 0 saturated carbocycles. The van der Waals surface area contributed by atoms with Gasteiger partial charge in [0.15, 0.2) is 0 Å². The molecule has 2 saturated heterocycles. The van der Waals surface area contributed by atoms with Crippen molar-refractivity contribution in [2.24, 2.45) is 5.92 Å². The second-order valence-electron chi connectivity index (χ2n) is 6.05. The number of likely N-dealkylation sites (tertiary alicyclic amines) is 1. The van der Waals surface area contributed by atoms with Crippen LogP contribution in [0.25, 0.3) is 0 Å². The molecule has 23 heavy (non-hydrogen) atoms. The monoisotopic (exact) mass is 345 g/mol. The Morgan fingerprint density at radius 2 is 2.17 bits per heavy atom. The zero-order valence-electron chi connectivity index (χ0n) is 13.6. The quantitative estimate of drug-likeness (QED) is 0.527. The van der Waals surface area contributed by atoms with Gasteiger partial charge in [0.05, 0.1) is 12.6 Å². The van der Waals surface area contributed by atoms with Crippen LogP contribution in [0.1, 0.15) is 25.7 Å². The zero-order valence-corrected chi connectivity index (χ0v) is 14.4. The maximum Gasteiger partial charge on any atom is 0.248 e. The summed E-state index contributed by atoms with van der Waals surface area (Å²) in [6.07, 6.45) is 5.65. The smallest absolute Gasteiger partial charge is 0.248 e. The molecular formula is C16H28ClN3O3. The number of hydrogen-bond donors (Lipinski definition) is 2. The number of carbonyl (C=O) groups is 2. The second kappa shape index (κ2) is 10.6. The summed E-state index contributed by atoms with van der Waals surface area (Å²) in [6.45, 7) is 7.12. The van der Waals surface area contributed by atoms with Crippen molar-refractivity contribution in [3.63, 3.8) is 0 Å². The maximum atomic E-state index is 12.0. The van der Waals surface area contributed by atoms with E-state index < -0.39 is 0 Å². The second-order valence-corrected chi connectivity index (χ2v) is 6.05. The van der Waals surface area contributed by atoms with E-state index in [2.05, 4.69) is 17.2 Å². The van der Waals surface area contributed by atoms with Crippen LogP contribution >= 0.6 is 12.4 Å². The van der Waals surface area contributed by atoms with Crippen molar-refractivity contribution in [3.05, 3.63) is 12.7 Å². The Morgan fingerprint density at radius 1 is 1.35 bits per heavy atom. The van der Waals surface area contributed by atoms with Crippen LogP contribution in [0.5, 0.6) is 0 Å². The molecule has 2 aliphatic heterocycles. The summed E-state index contributed by atoms with van der Waals surface area (Å²) in [5.41, 5.74) is 0. The lowest BCUT2D eigenvalue weighted by molar-refractivity contribution is -0.137. The van der Waals surface area contributed by atoms with E-state index in [9.17, 15) is 9.59 Å². The highest BCUT2D eigenvalue weighted by Crippen LogP contribution is 2.16. The third-order valence-corrected chi connectivity index (χ3v) is 4.27. The van der Waals surface area contributed by atoms with Crippen LogP contribution in [0.15, 0.2) is 12.7 Å². The molecule has 2 heterocycles. The highest BCUT2D eigenvalue weighted by atomic mass is 35.5. The molecule has 2 atom stereocenters. The van der Waals surface area contributed by atoms with Gasteiger partial charge in [0.1, 0.15) is 6.61 Å². The molecule has 6 nitrogen and oxygen atoms in total. The standard InChI is InChI=1S/C16H27N3O3.ClH/c1-2-9-22-12-15(20)19-8-4-5-13(11-19)10-18-16(21)14-6-3-7-17-14;/h2,13-14,17H,1,3-12H2,(H,18,21);1H. The summed E-state index contributed by atoms with van der Waals surface area (Å²) in [5.74, 6) is 0.452. The summed E-state index contributed by atoms with van der Waals surface area (Å²) in [7, 11) is 0. The van der Waals surface area contributed by atoms with Crippen molar-refractivity contribution in [2.45, 2.75) is 31.7 Å². The van der Waals surface area contributed by atoms with Gasteiger partial charge in [-0.1, -0.05) is 6.08 Å². The summed E-state index contributed by atoms with van der Waals surface area (Å²) >= 11 is 0. The molecule has 2 amide bonds. The first-order valence-electron chi connectivity index (χ1n) is 8.18. The van der Waals surface area contributed by atoms with Crippen molar-refractivity contribution in [3.8, 4) is 0 Å². The zero-order chi connectivity index (χ0) is 15.8. The van der Waals surface area contributed by atoms with Gasteiger partial charge in [-0.15, -0.1) is 19.0 Å². The fraction of sp³-hybridized carbons (Fsp3) is 0.750. The van der Waals surface area contributed by atoms with Crippen molar-refractivity contribution in [1.82, 2.24) is 15.5 Å². The number of nitrogens with zero attached hydrogens (tertiary/aromatic N) is 1. The van der Waals surface area contributed by atoms with Crippen molar-refractivity contribution in [2.75, 3.05) is 39.4 Å². The molecule has 0 spiro atoms. The number of piperidine rings is 1. The van der Waals surface area contributed by atoms with Crippen molar-refractivity contribution < 1.29 is 14.3 Å². The molecule has 0 aromatic carbocycles. The molecule has 2 fully saturated rings. The highest BCUT2D eigenvalue weighted by molar-refractivity contribution is 5.85. The molecule has 0 bridgehead atoms. The Labute approximate surface area is 144 Å². The van der Waals surface area contributed by atoms with Crippen molar-refractivity contribution >= 4 is 24.2 Å².